The van der Waals surface area contributed by atoms with E-state index in [-0.39, 0.29) is 0 Å². The lowest BCUT2D eigenvalue weighted by molar-refractivity contribution is 0.511. The Morgan fingerprint density at radius 2 is 2.33 bits per heavy atom. The summed E-state index contributed by atoms with van der Waals surface area (Å²) < 4.78 is 2.06. The van der Waals surface area contributed by atoms with Crippen LogP contribution < -0.4 is 5.32 Å². The molecule has 0 amide bonds. The van der Waals surface area contributed by atoms with E-state index < -0.39 is 0 Å². The molecule has 0 spiro atoms. The molecular weight excluding hydrogens is 152 g/mol. The molecule has 0 aliphatic heterocycles. The molecule has 0 aliphatic carbocycles. The van der Waals surface area contributed by atoms with Gasteiger partial charge in [-0.05, 0) is 20.4 Å². The minimum atomic E-state index is 0.326. The van der Waals surface area contributed by atoms with Gasteiger partial charge in [0.1, 0.15) is 12.2 Å². The summed E-state index contributed by atoms with van der Waals surface area (Å²) in [5.41, 5.74) is 0. The molecule has 1 unspecified atom stereocenters. The van der Waals surface area contributed by atoms with Crippen LogP contribution in [0.2, 0.25) is 0 Å². The zero-order chi connectivity index (χ0) is 8.97. The number of rotatable bonds is 4. The van der Waals surface area contributed by atoms with E-state index in [1.54, 1.807) is 6.33 Å². The number of nitrogens with one attached hydrogen (secondary N) is 1. The van der Waals surface area contributed by atoms with Crippen molar-refractivity contribution in [3.8, 4) is 0 Å². The number of aromatic nitrogens is 3. The van der Waals surface area contributed by atoms with E-state index in [1.165, 1.54) is 0 Å². The molecule has 4 heteroatoms. The van der Waals surface area contributed by atoms with Crippen molar-refractivity contribution in [2.45, 2.75) is 32.9 Å². The van der Waals surface area contributed by atoms with Crippen molar-refractivity contribution in [2.24, 2.45) is 0 Å². The quantitative estimate of drug-likeness (QED) is 0.728. The first-order chi connectivity index (χ1) is 5.83. The molecule has 0 saturated carbocycles. The summed E-state index contributed by atoms with van der Waals surface area (Å²) in [6.45, 7) is 5.16. The molecule has 1 atom stereocenters. The van der Waals surface area contributed by atoms with Gasteiger partial charge in [-0.15, -0.1) is 10.2 Å². The van der Waals surface area contributed by atoms with Gasteiger partial charge in [0.2, 0.25) is 0 Å². The standard InChI is InChI=1S/C8H16N4/c1-4-7(9-3)8-11-10-6-12(8)5-2/h6-7,9H,4-5H2,1-3H3. The second-order valence-corrected chi connectivity index (χ2v) is 2.72. The second kappa shape index (κ2) is 4.21. The van der Waals surface area contributed by atoms with Crippen LogP contribution in [0.25, 0.3) is 0 Å². The van der Waals surface area contributed by atoms with Crippen molar-refractivity contribution in [3.63, 3.8) is 0 Å². The van der Waals surface area contributed by atoms with Gasteiger partial charge in [-0.3, -0.25) is 0 Å². The molecule has 1 N–H and O–H groups in total. The first-order valence-corrected chi connectivity index (χ1v) is 4.38. The van der Waals surface area contributed by atoms with E-state index in [9.17, 15) is 0 Å². The Labute approximate surface area is 73.0 Å². The molecule has 0 radical (unpaired) electrons. The molecule has 68 valence electrons. The molecule has 0 saturated heterocycles. The van der Waals surface area contributed by atoms with Gasteiger partial charge in [-0.1, -0.05) is 6.92 Å². The summed E-state index contributed by atoms with van der Waals surface area (Å²) in [7, 11) is 1.95. The van der Waals surface area contributed by atoms with E-state index in [4.69, 9.17) is 0 Å². The Morgan fingerprint density at radius 1 is 1.58 bits per heavy atom. The minimum Gasteiger partial charge on any atom is -0.317 e. The zero-order valence-corrected chi connectivity index (χ0v) is 7.91. The van der Waals surface area contributed by atoms with Crippen molar-refractivity contribution in [2.75, 3.05) is 7.05 Å². The predicted molar refractivity (Wildman–Crippen MR) is 47.8 cm³/mol. The van der Waals surface area contributed by atoms with Gasteiger partial charge >= 0.3 is 0 Å². The molecule has 4 nitrogen and oxygen atoms in total. The average Bonchev–Trinajstić information content (AvgIpc) is 2.55. The molecule has 1 aromatic rings. The third-order valence-corrected chi connectivity index (χ3v) is 2.05. The molecule has 1 rings (SSSR count). The van der Waals surface area contributed by atoms with Gasteiger partial charge in [0.15, 0.2) is 0 Å². The minimum absolute atomic E-state index is 0.326. The fourth-order valence-corrected chi connectivity index (χ4v) is 1.29. The molecule has 1 heterocycles. The lowest BCUT2D eigenvalue weighted by atomic mass is 10.2. The van der Waals surface area contributed by atoms with Crippen molar-refractivity contribution in [1.82, 2.24) is 20.1 Å². The Morgan fingerprint density at radius 3 is 2.83 bits per heavy atom. The van der Waals surface area contributed by atoms with Gasteiger partial charge in [0, 0.05) is 6.54 Å². The van der Waals surface area contributed by atoms with Crippen molar-refractivity contribution >= 4 is 0 Å². The van der Waals surface area contributed by atoms with Crippen LogP contribution in [0.4, 0.5) is 0 Å². The highest BCUT2D eigenvalue weighted by atomic mass is 15.3. The summed E-state index contributed by atoms with van der Waals surface area (Å²) in [6, 6.07) is 0.326. The lowest BCUT2D eigenvalue weighted by Crippen LogP contribution is -2.19. The monoisotopic (exact) mass is 168 g/mol. The van der Waals surface area contributed by atoms with Crippen LogP contribution in [0, 0.1) is 0 Å². The van der Waals surface area contributed by atoms with Gasteiger partial charge < -0.3 is 9.88 Å². The van der Waals surface area contributed by atoms with E-state index in [0.717, 1.165) is 18.8 Å². The number of nitrogens with zero attached hydrogens (tertiary/aromatic N) is 3. The van der Waals surface area contributed by atoms with Crippen LogP contribution in [0.3, 0.4) is 0 Å². The predicted octanol–water partition coefficient (Wildman–Crippen LogP) is 0.968. The van der Waals surface area contributed by atoms with Gasteiger partial charge in [-0.2, -0.15) is 0 Å². The Kier molecular flexibility index (Phi) is 3.22. The van der Waals surface area contributed by atoms with Crippen LogP contribution in [0.15, 0.2) is 6.33 Å². The second-order valence-electron chi connectivity index (χ2n) is 2.72. The number of aryl methyl sites for hydroxylation is 1. The Balaban J connectivity index is 2.83. The smallest absolute Gasteiger partial charge is 0.149 e. The van der Waals surface area contributed by atoms with E-state index in [2.05, 4.69) is 33.9 Å². The van der Waals surface area contributed by atoms with Gasteiger partial charge in [0.05, 0.1) is 6.04 Å². The fourth-order valence-electron chi connectivity index (χ4n) is 1.29. The van der Waals surface area contributed by atoms with Crippen LogP contribution in [0.5, 0.6) is 0 Å². The molecule has 1 aromatic heterocycles. The normalized spacial score (nSPS) is 13.2. The Bertz CT molecular complexity index is 227. The van der Waals surface area contributed by atoms with Crippen molar-refractivity contribution < 1.29 is 0 Å². The highest BCUT2D eigenvalue weighted by molar-refractivity contribution is 4.93. The molecule has 0 fully saturated rings. The zero-order valence-electron chi connectivity index (χ0n) is 7.91. The van der Waals surface area contributed by atoms with E-state index in [1.807, 2.05) is 7.05 Å². The summed E-state index contributed by atoms with van der Waals surface area (Å²) in [4.78, 5) is 0. The highest BCUT2D eigenvalue weighted by Gasteiger charge is 2.12. The third kappa shape index (κ3) is 1.64. The summed E-state index contributed by atoms with van der Waals surface area (Å²) in [6.07, 6.45) is 2.81. The fraction of sp³-hybridized carbons (Fsp3) is 0.750. The summed E-state index contributed by atoms with van der Waals surface area (Å²) >= 11 is 0. The molecular formula is C8H16N4. The van der Waals surface area contributed by atoms with Crippen LogP contribution in [0.1, 0.15) is 32.1 Å². The van der Waals surface area contributed by atoms with Gasteiger partial charge in [-0.25, -0.2) is 0 Å². The third-order valence-electron chi connectivity index (χ3n) is 2.05. The first-order valence-electron chi connectivity index (χ1n) is 4.38. The average molecular weight is 168 g/mol. The lowest BCUT2D eigenvalue weighted by Gasteiger charge is -2.13. The summed E-state index contributed by atoms with van der Waals surface area (Å²) in [5.74, 6) is 1.03. The highest BCUT2D eigenvalue weighted by Crippen LogP contribution is 2.12. The maximum atomic E-state index is 4.08. The maximum Gasteiger partial charge on any atom is 0.149 e. The maximum absolute atomic E-state index is 4.08. The van der Waals surface area contributed by atoms with Crippen LogP contribution >= 0.6 is 0 Å². The largest absolute Gasteiger partial charge is 0.317 e. The molecule has 12 heavy (non-hydrogen) atoms. The topological polar surface area (TPSA) is 42.7 Å². The number of hydrogen-bond donors (Lipinski definition) is 1. The van der Waals surface area contributed by atoms with Crippen molar-refractivity contribution in [3.05, 3.63) is 12.2 Å². The Hall–Kier alpha value is -0.900. The molecule has 0 bridgehead atoms. The van der Waals surface area contributed by atoms with Crippen molar-refractivity contribution in [1.29, 1.82) is 0 Å². The number of hydrogen-bond acceptors (Lipinski definition) is 3. The van der Waals surface area contributed by atoms with E-state index >= 15 is 0 Å². The molecule has 0 aromatic carbocycles. The SMILES string of the molecule is CCC(NC)c1nncn1CC. The van der Waals surface area contributed by atoms with E-state index in [0.29, 0.717) is 6.04 Å². The van der Waals surface area contributed by atoms with Gasteiger partial charge in [0.25, 0.3) is 0 Å². The first kappa shape index (κ1) is 9.19. The molecule has 0 aliphatic rings. The van der Waals surface area contributed by atoms with Crippen LogP contribution in [-0.4, -0.2) is 21.8 Å². The van der Waals surface area contributed by atoms with Crippen LogP contribution in [-0.2, 0) is 6.54 Å². The summed E-state index contributed by atoms with van der Waals surface area (Å²) in [5, 5.41) is 11.2.